The first-order valence-corrected chi connectivity index (χ1v) is 8.38. The van der Waals surface area contributed by atoms with Crippen LogP contribution in [0.2, 0.25) is 0 Å². The van der Waals surface area contributed by atoms with Crippen LogP contribution >= 0.6 is 0 Å². The SMILES string of the molecule is COc1cc(OC)c(C(=O)C=Cc2cc(OC)c(OC)c(OC)c2)c(O)c1C. The topological polar surface area (TPSA) is 83.5 Å². The number of aromatic hydroxyl groups is 1. The van der Waals surface area contributed by atoms with Gasteiger partial charge in [0.2, 0.25) is 5.75 Å². The summed E-state index contributed by atoms with van der Waals surface area (Å²) in [6.45, 7) is 1.66. The van der Waals surface area contributed by atoms with Crippen LogP contribution < -0.4 is 23.7 Å². The van der Waals surface area contributed by atoms with Crippen LogP contribution in [0.4, 0.5) is 0 Å². The Hall–Kier alpha value is -3.35. The summed E-state index contributed by atoms with van der Waals surface area (Å²) >= 11 is 0. The molecule has 0 fully saturated rings. The van der Waals surface area contributed by atoms with Crippen molar-refractivity contribution in [3.8, 4) is 34.5 Å². The summed E-state index contributed by atoms with van der Waals surface area (Å²) in [6.07, 6.45) is 2.93. The van der Waals surface area contributed by atoms with Crippen molar-refractivity contribution in [1.29, 1.82) is 0 Å². The third-order valence-electron chi connectivity index (χ3n) is 4.27. The Bertz CT molecular complexity index is 875. The lowest BCUT2D eigenvalue weighted by Gasteiger charge is -2.14. The molecule has 7 nitrogen and oxygen atoms in total. The Morgan fingerprint density at radius 1 is 0.821 bits per heavy atom. The molecule has 0 amide bonds. The van der Waals surface area contributed by atoms with Crippen LogP contribution in [0.1, 0.15) is 21.5 Å². The van der Waals surface area contributed by atoms with Crippen molar-refractivity contribution in [3.63, 3.8) is 0 Å². The molecule has 2 rings (SSSR count). The number of allylic oxidation sites excluding steroid dienone is 1. The number of methoxy groups -OCH3 is 5. The van der Waals surface area contributed by atoms with Gasteiger partial charge in [-0.1, -0.05) is 6.08 Å². The van der Waals surface area contributed by atoms with Crippen molar-refractivity contribution >= 4 is 11.9 Å². The van der Waals surface area contributed by atoms with Crippen LogP contribution in [0.5, 0.6) is 34.5 Å². The van der Waals surface area contributed by atoms with E-state index in [-0.39, 0.29) is 17.1 Å². The first-order chi connectivity index (χ1) is 13.4. The number of carbonyl (C=O) groups is 1. The largest absolute Gasteiger partial charge is 0.507 e. The zero-order valence-electron chi connectivity index (χ0n) is 16.8. The second kappa shape index (κ2) is 9.03. The van der Waals surface area contributed by atoms with Crippen LogP contribution in [-0.2, 0) is 0 Å². The second-order valence-electron chi connectivity index (χ2n) is 5.79. The molecule has 0 aliphatic heterocycles. The number of ketones is 1. The predicted octanol–water partition coefficient (Wildman–Crippen LogP) is 3.64. The molecule has 0 spiro atoms. The summed E-state index contributed by atoms with van der Waals surface area (Å²) in [5.41, 5.74) is 1.17. The van der Waals surface area contributed by atoms with E-state index in [0.29, 0.717) is 34.1 Å². The molecule has 0 unspecified atom stereocenters. The lowest BCUT2D eigenvalue weighted by molar-refractivity contribution is 0.104. The van der Waals surface area contributed by atoms with E-state index < -0.39 is 5.78 Å². The molecule has 2 aromatic rings. The number of ether oxygens (including phenoxy) is 5. The average molecular weight is 388 g/mol. The van der Waals surface area contributed by atoms with Crippen molar-refractivity contribution in [3.05, 3.63) is 41.0 Å². The van der Waals surface area contributed by atoms with Gasteiger partial charge in [0, 0.05) is 11.6 Å². The van der Waals surface area contributed by atoms with Crippen LogP contribution in [0, 0.1) is 6.92 Å². The van der Waals surface area contributed by atoms with Crippen molar-refractivity contribution in [2.75, 3.05) is 35.5 Å². The van der Waals surface area contributed by atoms with Crippen LogP contribution in [0.25, 0.3) is 6.08 Å². The molecule has 7 heteroatoms. The van der Waals surface area contributed by atoms with Gasteiger partial charge in [0.25, 0.3) is 0 Å². The molecular weight excluding hydrogens is 364 g/mol. The number of phenolic OH excluding ortho intramolecular Hbond substituents is 1. The Labute approximate surface area is 164 Å². The summed E-state index contributed by atoms with van der Waals surface area (Å²) < 4.78 is 26.4. The van der Waals surface area contributed by atoms with Gasteiger partial charge < -0.3 is 28.8 Å². The molecule has 0 saturated carbocycles. The Morgan fingerprint density at radius 2 is 1.36 bits per heavy atom. The van der Waals surface area contributed by atoms with Gasteiger partial charge in [-0.25, -0.2) is 0 Å². The molecule has 0 aromatic heterocycles. The van der Waals surface area contributed by atoms with Crippen LogP contribution in [0.3, 0.4) is 0 Å². The molecule has 0 heterocycles. The smallest absolute Gasteiger partial charge is 0.203 e. The molecule has 0 aliphatic carbocycles. The van der Waals surface area contributed by atoms with Gasteiger partial charge in [-0.2, -0.15) is 0 Å². The highest BCUT2D eigenvalue weighted by Crippen LogP contribution is 2.40. The van der Waals surface area contributed by atoms with E-state index in [2.05, 4.69) is 0 Å². The summed E-state index contributed by atoms with van der Waals surface area (Å²) in [5, 5.41) is 10.5. The highest BCUT2D eigenvalue weighted by molar-refractivity contribution is 6.11. The maximum Gasteiger partial charge on any atom is 0.203 e. The second-order valence-corrected chi connectivity index (χ2v) is 5.79. The van der Waals surface area contributed by atoms with Gasteiger partial charge >= 0.3 is 0 Å². The summed E-state index contributed by atoms with van der Waals surface area (Å²) in [7, 11) is 7.44. The number of carbonyl (C=O) groups excluding carboxylic acids is 1. The van der Waals surface area contributed by atoms with Crippen molar-refractivity contribution in [2.24, 2.45) is 0 Å². The molecule has 28 heavy (non-hydrogen) atoms. The predicted molar refractivity (Wildman–Crippen MR) is 105 cm³/mol. The molecular formula is C21H24O7. The third kappa shape index (κ3) is 3.98. The maximum atomic E-state index is 12.7. The number of benzene rings is 2. The van der Waals surface area contributed by atoms with E-state index in [4.69, 9.17) is 23.7 Å². The van der Waals surface area contributed by atoms with Gasteiger partial charge in [-0.05, 0) is 30.7 Å². The molecule has 0 atom stereocenters. The van der Waals surface area contributed by atoms with Crippen LogP contribution in [-0.4, -0.2) is 46.4 Å². The van der Waals surface area contributed by atoms with E-state index >= 15 is 0 Å². The summed E-state index contributed by atoms with van der Waals surface area (Å²) in [6, 6.07) is 4.98. The average Bonchev–Trinajstić information content (AvgIpc) is 2.72. The fraction of sp³-hybridized carbons (Fsp3) is 0.286. The molecule has 1 N–H and O–H groups in total. The van der Waals surface area contributed by atoms with Gasteiger partial charge in [0.05, 0.1) is 35.5 Å². The van der Waals surface area contributed by atoms with Gasteiger partial charge in [-0.3, -0.25) is 4.79 Å². The van der Waals surface area contributed by atoms with Crippen LogP contribution in [0.15, 0.2) is 24.3 Å². The maximum absolute atomic E-state index is 12.7. The number of hydrogen-bond acceptors (Lipinski definition) is 7. The van der Waals surface area contributed by atoms with E-state index in [0.717, 1.165) is 0 Å². The molecule has 0 aliphatic rings. The summed E-state index contributed by atoms with van der Waals surface area (Å²) in [4.78, 5) is 12.7. The third-order valence-corrected chi connectivity index (χ3v) is 4.27. The number of rotatable bonds is 8. The molecule has 0 bridgehead atoms. The minimum Gasteiger partial charge on any atom is -0.507 e. The Kier molecular flexibility index (Phi) is 6.76. The van der Waals surface area contributed by atoms with E-state index in [1.807, 2.05) is 0 Å². The van der Waals surface area contributed by atoms with E-state index in [1.54, 1.807) is 31.2 Å². The van der Waals surface area contributed by atoms with Gasteiger partial charge in [0.15, 0.2) is 17.3 Å². The molecule has 2 aromatic carbocycles. The minimum absolute atomic E-state index is 0.0597. The molecule has 150 valence electrons. The van der Waals surface area contributed by atoms with Crippen molar-refractivity contribution in [1.82, 2.24) is 0 Å². The monoisotopic (exact) mass is 388 g/mol. The quantitative estimate of drug-likeness (QED) is 0.546. The molecule has 0 saturated heterocycles. The minimum atomic E-state index is -0.422. The number of hydrogen-bond donors (Lipinski definition) is 1. The zero-order chi connectivity index (χ0) is 20.8. The highest BCUT2D eigenvalue weighted by atomic mass is 16.5. The van der Waals surface area contributed by atoms with E-state index in [9.17, 15) is 9.90 Å². The Morgan fingerprint density at radius 3 is 1.82 bits per heavy atom. The molecule has 0 radical (unpaired) electrons. The van der Waals surface area contributed by atoms with Crippen molar-refractivity contribution in [2.45, 2.75) is 6.92 Å². The first-order valence-electron chi connectivity index (χ1n) is 8.38. The lowest BCUT2D eigenvalue weighted by atomic mass is 10.0. The van der Waals surface area contributed by atoms with Crippen molar-refractivity contribution < 1.29 is 33.6 Å². The standard InChI is InChI=1S/C21H24O7/c1-12-15(24-2)11-16(25-3)19(20(12)23)14(22)8-7-13-9-17(26-4)21(28-6)18(10-13)27-5/h7-11,23H,1-6H3. The highest BCUT2D eigenvalue weighted by Gasteiger charge is 2.21. The fourth-order valence-electron chi connectivity index (χ4n) is 2.78. The Balaban J connectivity index is 2.46. The normalized spacial score (nSPS) is 10.6. The summed E-state index contributed by atoms with van der Waals surface area (Å²) in [5.74, 6) is 1.44. The number of phenols is 1. The lowest BCUT2D eigenvalue weighted by Crippen LogP contribution is -2.02. The van der Waals surface area contributed by atoms with Gasteiger partial charge in [0.1, 0.15) is 22.8 Å². The van der Waals surface area contributed by atoms with E-state index in [1.165, 1.54) is 41.6 Å². The first kappa shape index (κ1) is 21.0. The fourth-order valence-corrected chi connectivity index (χ4v) is 2.78. The zero-order valence-corrected chi connectivity index (χ0v) is 16.8. The van der Waals surface area contributed by atoms with Gasteiger partial charge in [-0.15, -0.1) is 0 Å².